The number of ketones is 1. The second-order valence-electron chi connectivity index (χ2n) is 4.89. The predicted octanol–water partition coefficient (Wildman–Crippen LogP) is 2.85. The summed E-state index contributed by atoms with van der Waals surface area (Å²) < 4.78 is 5.12. The maximum absolute atomic E-state index is 11.7. The molecule has 2 atom stereocenters. The van der Waals surface area contributed by atoms with Gasteiger partial charge in [-0.05, 0) is 30.9 Å². The van der Waals surface area contributed by atoms with Gasteiger partial charge in [-0.3, -0.25) is 4.79 Å². The highest BCUT2D eigenvalue weighted by atomic mass is 16.5. The van der Waals surface area contributed by atoms with Gasteiger partial charge in [0, 0.05) is 5.41 Å². The van der Waals surface area contributed by atoms with Crippen LogP contribution in [-0.2, 0) is 9.53 Å². The predicted molar refractivity (Wildman–Crippen MR) is 59.3 cm³/mol. The number of fused-ring (bicyclic) bond motifs is 1. The van der Waals surface area contributed by atoms with Gasteiger partial charge in [-0.25, -0.2) is 0 Å². The second kappa shape index (κ2) is 3.51. The molecule has 0 aromatic carbocycles. The van der Waals surface area contributed by atoms with Gasteiger partial charge >= 0.3 is 0 Å². The molecule has 0 aromatic heterocycles. The summed E-state index contributed by atoms with van der Waals surface area (Å²) in [5.41, 5.74) is 1.34. The molecule has 0 spiro atoms. The third-order valence-electron chi connectivity index (χ3n) is 3.72. The van der Waals surface area contributed by atoms with Gasteiger partial charge in [0.2, 0.25) is 5.78 Å². The maximum Gasteiger partial charge on any atom is 0.220 e. The van der Waals surface area contributed by atoms with E-state index >= 15 is 0 Å². The Morgan fingerprint density at radius 2 is 2.27 bits per heavy atom. The van der Waals surface area contributed by atoms with Crippen molar-refractivity contribution in [3.05, 3.63) is 23.5 Å². The summed E-state index contributed by atoms with van der Waals surface area (Å²) in [6.45, 7) is 4.42. The molecule has 0 unspecified atom stereocenters. The molecule has 0 heterocycles. The maximum atomic E-state index is 11.7. The molecule has 1 saturated carbocycles. The summed E-state index contributed by atoms with van der Waals surface area (Å²) in [7, 11) is 1.57. The minimum atomic E-state index is 0.0266. The molecule has 15 heavy (non-hydrogen) atoms. The van der Waals surface area contributed by atoms with Gasteiger partial charge in [-0.2, -0.15) is 0 Å². The monoisotopic (exact) mass is 206 g/mol. The number of hydrogen-bond acceptors (Lipinski definition) is 2. The molecule has 0 amide bonds. The van der Waals surface area contributed by atoms with Crippen LogP contribution in [0.2, 0.25) is 0 Å². The van der Waals surface area contributed by atoms with Crippen molar-refractivity contribution in [1.29, 1.82) is 0 Å². The fraction of sp³-hybridized carbons (Fsp3) is 0.615. The second-order valence-corrected chi connectivity index (χ2v) is 4.89. The Morgan fingerprint density at radius 3 is 2.93 bits per heavy atom. The Balaban J connectivity index is 2.40. The van der Waals surface area contributed by atoms with E-state index in [-0.39, 0.29) is 11.2 Å². The van der Waals surface area contributed by atoms with Gasteiger partial charge in [0.25, 0.3) is 0 Å². The minimum Gasteiger partial charge on any atom is -0.493 e. The molecule has 2 heteroatoms. The van der Waals surface area contributed by atoms with E-state index in [0.29, 0.717) is 11.7 Å². The number of methoxy groups -OCH3 is 1. The SMILES string of the molecule is COC1=C[C@@]2(C)CCC[C@@H](C)C2=CC1=O. The Kier molecular flexibility index (Phi) is 2.45. The van der Waals surface area contributed by atoms with E-state index in [9.17, 15) is 4.79 Å². The van der Waals surface area contributed by atoms with Crippen molar-refractivity contribution < 1.29 is 9.53 Å². The van der Waals surface area contributed by atoms with Gasteiger partial charge in [0.05, 0.1) is 7.11 Å². The first-order valence-electron chi connectivity index (χ1n) is 5.60. The fourth-order valence-electron chi connectivity index (χ4n) is 2.83. The van der Waals surface area contributed by atoms with Crippen molar-refractivity contribution in [3.63, 3.8) is 0 Å². The molecular weight excluding hydrogens is 188 g/mol. The number of rotatable bonds is 1. The summed E-state index contributed by atoms with van der Waals surface area (Å²) >= 11 is 0. The largest absolute Gasteiger partial charge is 0.493 e. The van der Waals surface area contributed by atoms with Gasteiger partial charge in [-0.1, -0.05) is 25.8 Å². The molecule has 2 nitrogen and oxygen atoms in total. The third kappa shape index (κ3) is 1.62. The van der Waals surface area contributed by atoms with Crippen LogP contribution in [0.4, 0.5) is 0 Å². The number of hydrogen-bond donors (Lipinski definition) is 0. The van der Waals surface area contributed by atoms with E-state index in [0.717, 1.165) is 6.42 Å². The third-order valence-corrected chi connectivity index (χ3v) is 3.72. The standard InChI is InChI=1S/C13H18O2/c1-9-5-4-6-13(2)8-12(15-3)11(14)7-10(9)13/h7-9H,4-6H2,1-3H3/t9-,13-/m1/s1. The van der Waals surface area contributed by atoms with Crippen LogP contribution in [0.5, 0.6) is 0 Å². The highest BCUT2D eigenvalue weighted by molar-refractivity contribution is 6.04. The first-order valence-corrected chi connectivity index (χ1v) is 5.60. The van der Waals surface area contributed by atoms with Crippen LogP contribution in [-0.4, -0.2) is 12.9 Å². The lowest BCUT2D eigenvalue weighted by atomic mass is 9.65. The average molecular weight is 206 g/mol. The Morgan fingerprint density at radius 1 is 1.53 bits per heavy atom. The molecule has 0 saturated heterocycles. The lowest BCUT2D eigenvalue weighted by molar-refractivity contribution is -0.114. The summed E-state index contributed by atoms with van der Waals surface area (Å²) in [6.07, 6.45) is 7.37. The van der Waals surface area contributed by atoms with Crippen molar-refractivity contribution in [2.45, 2.75) is 33.1 Å². The number of carbonyl (C=O) groups is 1. The highest BCUT2D eigenvalue weighted by Crippen LogP contribution is 2.47. The van der Waals surface area contributed by atoms with Crippen LogP contribution in [0.25, 0.3) is 0 Å². The van der Waals surface area contributed by atoms with Crippen molar-refractivity contribution in [3.8, 4) is 0 Å². The Labute approximate surface area is 91.0 Å². The van der Waals surface area contributed by atoms with Crippen molar-refractivity contribution >= 4 is 5.78 Å². The fourth-order valence-corrected chi connectivity index (χ4v) is 2.83. The van der Waals surface area contributed by atoms with E-state index in [1.165, 1.54) is 18.4 Å². The zero-order valence-electron chi connectivity index (χ0n) is 9.67. The molecule has 2 rings (SSSR count). The molecule has 1 fully saturated rings. The summed E-state index contributed by atoms with van der Waals surface area (Å²) in [5, 5.41) is 0. The lowest BCUT2D eigenvalue weighted by Crippen LogP contribution is -2.31. The first kappa shape index (κ1) is 10.5. The van der Waals surface area contributed by atoms with Crippen molar-refractivity contribution in [2.24, 2.45) is 11.3 Å². The van der Waals surface area contributed by atoms with Crippen molar-refractivity contribution in [2.75, 3.05) is 7.11 Å². The zero-order valence-corrected chi connectivity index (χ0v) is 9.67. The van der Waals surface area contributed by atoms with Crippen LogP contribution in [0, 0.1) is 11.3 Å². The van der Waals surface area contributed by atoms with Crippen LogP contribution in [0.1, 0.15) is 33.1 Å². The summed E-state index contributed by atoms with van der Waals surface area (Å²) in [4.78, 5) is 11.7. The quantitative estimate of drug-likeness (QED) is 0.659. The van der Waals surface area contributed by atoms with E-state index in [1.807, 2.05) is 6.08 Å². The van der Waals surface area contributed by atoms with E-state index in [4.69, 9.17) is 4.74 Å². The van der Waals surface area contributed by atoms with Crippen LogP contribution in [0.3, 0.4) is 0 Å². The number of carbonyl (C=O) groups excluding carboxylic acids is 1. The lowest BCUT2D eigenvalue weighted by Gasteiger charge is -2.40. The van der Waals surface area contributed by atoms with Gasteiger partial charge in [0.1, 0.15) is 0 Å². The normalized spacial score (nSPS) is 35.4. The number of ether oxygens (including phenoxy) is 1. The molecule has 0 aliphatic heterocycles. The Hall–Kier alpha value is -1.05. The van der Waals surface area contributed by atoms with Crippen LogP contribution in [0.15, 0.2) is 23.5 Å². The molecule has 2 aliphatic carbocycles. The van der Waals surface area contributed by atoms with E-state index in [2.05, 4.69) is 13.8 Å². The highest BCUT2D eigenvalue weighted by Gasteiger charge is 2.38. The molecule has 82 valence electrons. The molecule has 0 aromatic rings. The van der Waals surface area contributed by atoms with E-state index in [1.54, 1.807) is 13.2 Å². The summed E-state index contributed by atoms with van der Waals surface area (Å²) in [6, 6.07) is 0. The topological polar surface area (TPSA) is 26.3 Å². The molecular formula is C13H18O2. The number of allylic oxidation sites excluding steroid dienone is 3. The Bertz CT molecular complexity index is 352. The zero-order chi connectivity index (χ0) is 11.1. The first-order chi connectivity index (χ1) is 7.07. The van der Waals surface area contributed by atoms with E-state index < -0.39 is 0 Å². The van der Waals surface area contributed by atoms with Gasteiger partial charge in [0.15, 0.2) is 5.76 Å². The van der Waals surface area contributed by atoms with Crippen LogP contribution < -0.4 is 0 Å². The van der Waals surface area contributed by atoms with Crippen LogP contribution >= 0.6 is 0 Å². The smallest absolute Gasteiger partial charge is 0.220 e. The van der Waals surface area contributed by atoms with Gasteiger partial charge in [-0.15, -0.1) is 0 Å². The van der Waals surface area contributed by atoms with Crippen molar-refractivity contribution in [1.82, 2.24) is 0 Å². The molecule has 0 radical (unpaired) electrons. The molecule has 0 bridgehead atoms. The minimum absolute atomic E-state index is 0.0266. The average Bonchev–Trinajstić information content (AvgIpc) is 2.20. The molecule has 0 N–H and O–H groups in total. The molecule has 2 aliphatic rings. The van der Waals surface area contributed by atoms with Gasteiger partial charge < -0.3 is 4.74 Å². The summed E-state index contributed by atoms with van der Waals surface area (Å²) in [5.74, 6) is 1.07.